The molecule has 13 aromatic carbocycles. The lowest BCUT2D eigenvalue weighted by atomic mass is 9.85. The number of fused-ring (bicyclic) bond motifs is 2. The molecule has 0 fully saturated rings. The smallest absolute Gasteiger partial charge is 0.311 e. The van der Waals surface area contributed by atoms with Crippen molar-refractivity contribution in [2.75, 3.05) is 19.6 Å². The Morgan fingerprint density at radius 2 is 0.567 bits per heavy atom. The first-order valence-corrected chi connectivity index (χ1v) is 30.4. The molecule has 90 heavy (non-hydrogen) atoms. The van der Waals surface area contributed by atoms with E-state index in [-0.39, 0.29) is 5.41 Å². The highest BCUT2D eigenvalue weighted by molar-refractivity contribution is 6.23. The topological polar surface area (TPSA) is 13.0 Å². The van der Waals surface area contributed by atoms with Crippen LogP contribution < -0.4 is 19.6 Å². The number of alkyl halides is 3. The standard InChI is InChI=1S/C83H67F3N4/c1-57(2)59-29-41-71(42-30-59)89(68-39-27-58(3)28-40-68)74-51-53-76-78(55-74)80(60-31-43-69(44-32-60)87(64-19-11-7-12-20-64)65-21-13-8-14-22-65)77-54-52-75(90(72-47-35-62(36-48-72)82(4,5)6)73-49-37-63(38-50-73)83(84,85)86)56-79(77)81(76)61-33-45-70(46-34-61)88(66-23-15-9-16-24-66)67-25-17-10-18-26-67/h7-56H,1H2,2-6H3. The normalized spacial score (nSPS) is 11.6. The summed E-state index contributed by atoms with van der Waals surface area (Å²) in [6.07, 6.45) is -4.51. The highest BCUT2D eigenvalue weighted by atomic mass is 19.4. The Morgan fingerprint density at radius 3 is 0.878 bits per heavy atom. The predicted octanol–water partition coefficient (Wildman–Crippen LogP) is 24.9. The van der Waals surface area contributed by atoms with Crippen molar-refractivity contribution in [1.29, 1.82) is 0 Å². The van der Waals surface area contributed by atoms with Gasteiger partial charge in [-0.3, -0.25) is 0 Å². The lowest BCUT2D eigenvalue weighted by molar-refractivity contribution is -0.137. The molecule has 0 spiro atoms. The summed E-state index contributed by atoms with van der Waals surface area (Å²) in [5, 5.41) is 4.01. The molecule has 0 radical (unpaired) electrons. The predicted molar refractivity (Wildman–Crippen MR) is 374 cm³/mol. The molecule has 0 aliphatic heterocycles. The number of allylic oxidation sites excluding steroid dienone is 1. The molecule has 0 aromatic heterocycles. The SMILES string of the molecule is C=C(C)c1ccc(N(c2ccc(C)cc2)c2ccc3c(-c4ccc(N(c5ccccc5)c5ccccc5)cc4)c4cc(N(c5ccc(C(C)(C)C)cc5)c5ccc(C(F)(F)F)cc5)ccc4c(-c4ccc(N(c5ccccc5)c5ccccc5)cc4)c3c2)cc1. The van der Waals surface area contributed by atoms with Gasteiger partial charge in [-0.05, 0) is 232 Å². The van der Waals surface area contributed by atoms with E-state index in [0.717, 1.165) is 129 Å². The van der Waals surface area contributed by atoms with Crippen LogP contribution in [0, 0.1) is 6.92 Å². The highest BCUT2D eigenvalue weighted by Crippen LogP contribution is 2.50. The first kappa shape index (κ1) is 58.1. The fourth-order valence-corrected chi connectivity index (χ4v) is 12.3. The average Bonchev–Trinajstić information content (AvgIpc) is 1.07. The Morgan fingerprint density at radius 1 is 0.300 bits per heavy atom. The molecule has 0 bridgehead atoms. The maximum atomic E-state index is 14.3. The van der Waals surface area contributed by atoms with Gasteiger partial charge in [-0.25, -0.2) is 0 Å². The molecule has 0 unspecified atom stereocenters. The second-order valence-corrected chi connectivity index (χ2v) is 24.0. The van der Waals surface area contributed by atoms with Crippen molar-refractivity contribution in [3.63, 3.8) is 0 Å². The second-order valence-electron chi connectivity index (χ2n) is 24.0. The molecule has 13 rings (SSSR count). The van der Waals surface area contributed by atoms with Crippen molar-refractivity contribution in [3.05, 3.63) is 332 Å². The second kappa shape index (κ2) is 24.3. The van der Waals surface area contributed by atoms with Crippen LogP contribution in [0.4, 0.5) is 81.4 Å². The minimum atomic E-state index is -4.51. The van der Waals surface area contributed by atoms with Crippen LogP contribution in [-0.4, -0.2) is 0 Å². The number of para-hydroxylation sites is 4. The number of nitrogens with zero attached hydrogens (tertiary/aromatic N) is 4. The van der Waals surface area contributed by atoms with E-state index >= 15 is 0 Å². The quantitative estimate of drug-likeness (QED) is 0.0949. The molecule has 0 saturated carbocycles. The summed E-state index contributed by atoms with van der Waals surface area (Å²) in [6.45, 7) is 14.9. The largest absolute Gasteiger partial charge is 0.416 e. The van der Waals surface area contributed by atoms with Crippen molar-refractivity contribution in [1.82, 2.24) is 0 Å². The molecular weight excluding hydrogens is 1110 g/mol. The van der Waals surface area contributed by atoms with Crippen molar-refractivity contribution in [2.45, 2.75) is 46.2 Å². The summed E-state index contributed by atoms with van der Waals surface area (Å²) < 4.78 is 43.0. The van der Waals surface area contributed by atoms with E-state index in [1.54, 1.807) is 12.1 Å². The van der Waals surface area contributed by atoms with E-state index in [0.29, 0.717) is 5.69 Å². The lowest BCUT2D eigenvalue weighted by Gasteiger charge is -2.29. The molecule has 0 aliphatic rings. The summed E-state index contributed by atoms with van der Waals surface area (Å²) in [5.74, 6) is 0. The monoisotopic (exact) mass is 1180 g/mol. The van der Waals surface area contributed by atoms with Crippen LogP contribution in [0.5, 0.6) is 0 Å². The summed E-state index contributed by atoms with van der Waals surface area (Å²) in [7, 11) is 0. The van der Waals surface area contributed by atoms with Crippen LogP contribution in [-0.2, 0) is 11.6 Å². The Labute approximate surface area is 525 Å². The van der Waals surface area contributed by atoms with Gasteiger partial charge in [0.2, 0.25) is 0 Å². The fraction of sp³-hybridized carbons (Fsp3) is 0.0843. The molecule has 440 valence electrons. The van der Waals surface area contributed by atoms with Crippen LogP contribution in [0.2, 0.25) is 0 Å². The maximum absolute atomic E-state index is 14.3. The molecule has 0 saturated heterocycles. The summed E-state index contributed by atoms with van der Waals surface area (Å²) in [6, 6.07) is 104. The third kappa shape index (κ3) is 11.7. The Kier molecular flexibility index (Phi) is 15.7. The average molecular weight is 1180 g/mol. The number of hydrogen-bond acceptors (Lipinski definition) is 4. The molecule has 0 amide bonds. The van der Waals surface area contributed by atoms with Crippen LogP contribution in [0.25, 0.3) is 49.4 Å². The van der Waals surface area contributed by atoms with Crippen LogP contribution in [0.3, 0.4) is 0 Å². The van der Waals surface area contributed by atoms with Gasteiger partial charge in [0.15, 0.2) is 0 Å². The summed E-state index contributed by atoms with van der Waals surface area (Å²) in [4.78, 5) is 8.93. The molecule has 0 atom stereocenters. The van der Waals surface area contributed by atoms with E-state index < -0.39 is 11.7 Å². The van der Waals surface area contributed by atoms with Gasteiger partial charge < -0.3 is 19.6 Å². The number of benzene rings is 13. The maximum Gasteiger partial charge on any atom is 0.416 e. The van der Waals surface area contributed by atoms with Crippen LogP contribution in [0.1, 0.15) is 49.9 Å². The summed E-state index contributed by atoms with van der Waals surface area (Å²) >= 11 is 0. The van der Waals surface area contributed by atoms with Gasteiger partial charge in [-0.1, -0.05) is 184 Å². The highest BCUT2D eigenvalue weighted by Gasteiger charge is 2.31. The fourth-order valence-electron chi connectivity index (χ4n) is 12.3. The first-order chi connectivity index (χ1) is 43.6. The van der Waals surface area contributed by atoms with Gasteiger partial charge in [0.1, 0.15) is 0 Å². The third-order valence-corrected chi connectivity index (χ3v) is 16.8. The number of anilines is 12. The van der Waals surface area contributed by atoms with Crippen LogP contribution >= 0.6 is 0 Å². The molecule has 0 heterocycles. The zero-order valence-corrected chi connectivity index (χ0v) is 51.0. The summed E-state index contributed by atoms with van der Waals surface area (Å²) in [5.41, 5.74) is 18.8. The van der Waals surface area contributed by atoms with Crippen molar-refractivity contribution in [3.8, 4) is 22.3 Å². The van der Waals surface area contributed by atoms with Crippen molar-refractivity contribution < 1.29 is 13.2 Å². The Bertz CT molecular complexity index is 4510. The number of halogens is 3. The van der Waals surface area contributed by atoms with E-state index in [4.69, 9.17) is 0 Å². The van der Waals surface area contributed by atoms with Gasteiger partial charge in [-0.15, -0.1) is 0 Å². The minimum absolute atomic E-state index is 0.131. The number of hydrogen-bond donors (Lipinski definition) is 0. The molecular formula is C83H67F3N4. The number of rotatable bonds is 15. The van der Waals surface area contributed by atoms with Crippen molar-refractivity contribution in [2.24, 2.45) is 0 Å². The zero-order chi connectivity index (χ0) is 62.1. The van der Waals surface area contributed by atoms with E-state index in [1.165, 1.54) is 12.1 Å². The molecule has 4 nitrogen and oxygen atoms in total. The van der Waals surface area contributed by atoms with Gasteiger partial charge in [0.25, 0.3) is 0 Å². The van der Waals surface area contributed by atoms with E-state index in [1.807, 2.05) is 31.2 Å². The molecule has 13 aromatic rings. The first-order valence-electron chi connectivity index (χ1n) is 30.4. The Hall–Kier alpha value is -10.9. The van der Waals surface area contributed by atoms with Gasteiger partial charge in [-0.2, -0.15) is 13.2 Å². The molecule has 0 aliphatic carbocycles. The lowest BCUT2D eigenvalue weighted by Crippen LogP contribution is -2.13. The van der Waals surface area contributed by atoms with E-state index in [9.17, 15) is 13.2 Å². The van der Waals surface area contributed by atoms with Crippen molar-refractivity contribution >= 4 is 95.4 Å². The number of aryl methyl sites for hydroxylation is 1. The third-order valence-electron chi connectivity index (χ3n) is 16.8. The van der Waals surface area contributed by atoms with Gasteiger partial charge in [0.05, 0.1) is 5.56 Å². The minimum Gasteiger partial charge on any atom is -0.311 e. The zero-order valence-electron chi connectivity index (χ0n) is 51.0. The van der Waals surface area contributed by atoms with Crippen LogP contribution in [0.15, 0.2) is 310 Å². The Balaban J connectivity index is 1.10. The molecule has 7 heteroatoms. The van der Waals surface area contributed by atoms with Gasteiger partial charge in [0, 0.05) is 68.2 Å². The van der Waals surface area contributed by atoms with Gasteiger partial charge >= 0.3 is 6.18 Å². The van der Waals surface area contributed by atoms with E-state index in [2.05, 4.69) is 309 Å². The molecule has 0 N–H and O–H groups in total.